The van der Waals surface area contributed by atoms with Gasteiger partial charge in [-0.2, -0.15) is 0 Å². The Morgan fingerprint density at radius 1 is 1.00 bits per heavy atom. The van der Waals surface area contributed by atoms with Gasteiger partial charge >= 0.3 is 0 Å². The summed E-state index contributed by atoms with van der Waals surface area (Å²) >= 11 is 0. The van der Waals surface area contributed by atoms with Crippen molar-refractivity contribution in [2.24, 2.45) is 5.92 Å². The summed E-state index contributed by atoms with van der Waals surface area (Å²) in [6.45, 7) is 3.45. The molecule has 0 spiro atoms. The highest BCUT2D eigenvalue weighted by atomic mass is 19.1. The standard InChI is InChI=1S/C24H25FN2O4/c1-15-7-6-12-26(14-15)22-21(16-10-11-19(30-2)20(13-16)31-3)23(28)27(24(22)29)18-9-5-4-8-17(18)25/h4-5,8-11,13,15H,6-7,12,14H2,1-3H3. The number of halogens is 1. The van der Waals surface area contributed by atoms with E-state index in [4.69, 9.17) is 9.47 Å². The maximum Gasteiger partial charge on any atom is 0.282 e. The van der Waals surface area contributed by atoms with Gasteiger partial charge in [0.15, 0.2) is 11.5 Å². The molecule has 0 aromatic heterocycles. The van der Waals surface area contributed by atoms with Crippen LogP contribution in [-0.2, 0) is 9.59 Å². The molecule has 1 saturated heterocycles. The van der Waals surface area contributed by atoms with E-state index in [9.17, 15) is 14.0 Å². The van der Waals surface area contributed by atoms with Gasteiger partial charge in [-0.05, 0) is 48.6 Å². The van der Waals surface area contributed by atoms with Crippen LogP contribution in [0, 0.1) is 11.7 Å². The maximum atomic E-state index is 14.6. The molecule has 162 valence electrons. The van der Waals surface area contributed by atoms with Crippen LogP contribution in [-0.4, -0.2) is 44.0 Å². The van der Waals surface area contributed by atoms with Gasteiger partial charge in [-0.15, -0.1) is 0 Å². The van der Waals surface area contributed by atoms with Crippen molar-refractivity contribution in [3.05, 3.63) is 59.5 Å². The Morgan fingerprint density at radius 3 is 2.42 bits per heavy atom. The number of hydrogen-bond donors (Lipinski definition) is 0. The molecule has 1 fully saturated rings. The molecule has 2 amide bonds. The van der Waals surface area contributed by atoms with E-state index in [1.165, 1.54) is 32.4 Å². The third kappa shape index (κ3) is 3.65. The lowest BCUT2D eigenvalue weighted by atomic mass is 9.97. The molecular weight excluding hydrogens is 399 g/mol. The maximum absolute atomic E-state index is 14.6. The number of benzene rings is 2. The third-order valence-electron chi connectivity index (χ3n) is 5.80. The lowest BCUT2D eigenvalue weighted by Crippen LogP contribution is -2.39. The van der Waals surface area contributed by atoms with Crippen LogP contribution in [0.25, 0.3) is 5.57 Å². The Bertz CT molecular complexity index is 1070. The van der Waals surface area contributed by atoms with Crippen molar-refractivity contribution in [1.82, 2.24) is 4.90 Å². The van der Waals surface area contributed by atoms with Gasteiger partial charge in [0.1, 0.15) is 11.5 Å². The first-order valence-corrected chi connectivity index (χ1v) is 10.3. The molecule has 6 nitrogen and oxygen atoms in total. The summed E-state index contributed by atoms with van der Waals surface area (Å²) in [5.74, 6) is -0.321. The molecule has 2 aromatic rings. The van der Waals surface area contributed by atoms with Crippen molar-refractivity contribution < 1.29 is 23.5 Å². The molecule has 0 N–H and O–H groups in total. The molecule has 31 heavy (non-hydrogen) atoms. The molecule has 4 rings (SSSR count). The Hall–Kier alpha value is -3.35. The van der Waals surface area contributed by atoms with Gasteiger partial charge in [-0.25, -0.2) is 9.29 Å². The van der Waals surface area contributed by atoms with Crippen molar-refractivity contribution >= 4 is 23.1 Å². The number of hydrogen-bond acceptors (Lipinski definition) is 5. The zero-order chi connectivity index (χ0) is 22.1. The number of para-hydroxylation sites is 1. The van der Waals surface area contributed by atoms with Crippen molar-refractivity contribution in [2.75, 3.05) is 32.2 Å². The van der Waals surface area contributed by atoms with Crippen LogP contribution >= 0.6 is 0 Å². The number of methoxy groups -OCH3 is 2. The molecule has 2 aromatic carbocycles. The van der Waals surface area contributed by atoms with E-state index in [2.05, 4.69) is 6.92 Å². The number of carbonyl (C=O) groups is 2. The van der Waals surface area contributed by atoms with Gasteiger partial charge < -0.3 is 14.4 Å². The lowest BCUT2D eigenvalue weighted by Gasteiger charge is -2.33. The van der Waals surface area contributed by atoms with E-state index in [-0.39, 0.29) is 11.3 Å². The molecule has 1 atom stereocenters. The minimum Gasteiger partial charge on any atom is -0.493 e. The Kier molecular flexibility index (Phi) is 5.67. The van der Waals surface area contributed by atoms with Gasteiger partial charge in [0.25, 0.3) is 11.8 Å². The van der Waals surface area contributed by atoms with Crippen LogP contribution in [0.2, 0.25) is 0 Å². The van der Waals surface area contributed by atoms with Crippen molar-refractivity contribution in [1.29, 1.82) is 0 Å². The number of imide groups is 1. The summed E-state index contributed by atoms with van der Waals surface area (Å²) in [6, 6.07) is 10.9. The minimum atomic E-state index is -0.621. The Labute approximate surface area is 180 Å². The highest BCUT2D eigenvalue weighted by Crippen LogP contribution is 2.39. The molecule has 2 heterocycles. The molecule has 7 heteroatoms. The van der Waals surface area contributed by atoms with E-state index in [0.717, 1.165) is 17.7 Å². The number of rotatable bonds is 5. The van der Waals surface area contributed by atoms with Gasteiger partial charge in [-0.1, -0.05) is 25.1 Å². The van der Waals surface area contributed by atoms with Gasteiger partial charge in [0.05, 0.1) is 25.5 Å². The Morgan fingerprint density at radius 2 is 1.74 bits per heavy atom. The van der Waals surface area contributed by atoms with Crippen LogP contribution in [0.4, 0.5) is 10.1 Å². The van der Waals surface area contributed by atoms with E-state index in [1.807, 2.05) is 4.90 Å². The van der Waals surface area contributed by atoms with Crippen molar-refractivity contribution in [3.63, 3.8) is 0 Å². The predicted molar refractivity (Wildman–Crippen MR) is 115 cm³/mol. The smallest absolute Gasteiger partial charge is 0.282 e. The topological polar surface area (TPSA) is 59.1 Å². The van der Waals surface area contributed by atoms with Crippen molar-refractivity contribution in [2.45, 2.75) is 19.8 Å². The molecule has 0 bridgehead atoms. The molecular formula is C24H25FN2O4. The average molecular weight is 424 g/mol. The fraction of sp³-hybridized carbons (Fsp3) is 0.333. The molecule has 1 unspecified atom stereocenters. The number of anilines is 1. The minimum absolute atomic E-state index is 0.0458. The number of carbonyl (C=O) groups excluding carboxylic acids is 2. The molecule has 2 aliphatic heterocycles. The third-order valence-corrected chi connectivity index (χ3v) is 5.80. The second-order valence-electron chi connectivity index (χ2n) is 7.88. The second kappa shape index (κ2) is 8.41. The number of likely N-dealkylation sites (tertiary alicyclic amines) is 1. The van der Waals surface area contributed by atoms with E-state index in [0.29, 0.717) is 41.8 Å². The van der Waals surface area contributed by atoms with E-state index in [1.54, 1.807) is 24.3 Å². The first-order chi connectivity index (χ1) is 15.0. The molecule has 2 aliphatic rings. The van der Waals surface area contributed by atoms with Gasteiger partial charge in [0.2, 0.25) is 0 Å². The highest BCUT2D eigenvalue weighted by molar-refractivity contribution is 6.45. The molecule has 0 aliphatic carbocycles. The van der Waals surface area contributed by atoms with Crippen LogP contribution in [0.5, 0.6) is 11.5 Å². The van der Waals surface area contributed by atoms with Crippen molar-refractivity contribution in [3.8, 4) is 11.5 Å². The SMILES string of the molecule is COc1ccc(C2=C(N3CCCC(C)C3)C(=O)N(c3ccccc3F)C2=O)cc1OC. The van der Waals surface area contributed by atoms with Crippen LogP contribution in [0.15, 0.2) is 48.2 Å². The highest BCUT2D eigenvalue weighted by Gasteiger charge is 2.44. The van der Waals surface area contributed by atoms with Crippen LogP contribution in [0.3, 0.4) is 0 Å². The van der Waals surface area contributed by atoms with E-state index >= 15 is 0 Å². The summed E-state index contributed by atoms with van der Waals surface area (Å²) in [5, 5.41) is 0. The second-order valence-corrected chi connectivity index (χ2v) is 7.88. The quantitative estimate of drug-likeness (QED) is 0.683. The largest absolute Gasteiger partial charge is 0.493 e. The normalized spacial score (nSPS) is 19.3. The fourth-order valence-corrected chi connectivity index (χ4v) is 4.31. The molecule has 0 saturated carbocycles. The number of amides is 2. The number of piperidine rings is 1. The van der Waals surface area contributed by atoms with Gasteiger partial charge in [-0.3, -0.25) is 9.59 Å². The summed E-state index contributed by atoms with van der Waals surface area (Å²) in [6.07, 6.45) is 1.99. The summed E-state index contributed by atoms with van der Waals surface area (Å²) in [4.78, 5) is 30.0. The first kappa shape index (κ1) is 20.9. The van der Waals surface area contributed by atoms with Crippen LogP contribution in [0.1, 0.15) is 25.3 Å². The first-order valence-electron chi connectivity index (χ1n) is 10.3. The number of nitrogens with zero attached hydrogens (tertiary/aromatic N) is 2. The Balaban J connectivity index is 1.87. The summed E-state index contributed by atoms with van der Waals surface area (Å²) < 4.78 is 25.2. The zero-order valence-electron chi connectivity index (χ0n) is 17.9. The van der Waals surface area contributed by atoms with Crippen LogP contribution < -0.4 is 14.4 Å². The van der Waals surface area contributed by atoms with Gasteiger partial charge in [0, 0.05) is 13.1 Å². The average Bonchev–Trinajstić information content (AvgIpc) is 3.03. The zero-order valence-corrected chi connectivity index (χ0v) is 17.9. The summed E-state index contributed by atoms with van der Waals surface area (Å²) in [5.41, 5.74) is 1.05. The monoisotopic (exact) mass is 424 g/mol. The van der Waals surface area contributed by atoms with E-state index < -0.39 is 17.6 Å². The number of ether oxygens (including phenoxy) is 2. The molecule has 0 radical (unpaired) electrons. The summed E-state index contributed by atoms with van der Waals surface area (Å²) in [7, 11) is 3.04. The predicted octanol–water partition coefficient (Wildman–Crippen LogP) is 3.86. The fourth-order valence-electron chi connectivity index (χ4n) is 4.31. The lowest BCUT2D eigenvalue weighted by molar-refractivity contribution is -0.120.